The molecule has 1 aliphatic heterocycles. The molecule has 26 heavy (non-hydrogen) atoms. The monoisotopic (exact) mass is 482 g/mol. The summed E-state index contributed by atoms with van der Waals surface area (Å²) in [5, 5.41) is 0. The van der Waals surface area contributed by atoms with E-state index in [1.807, 2.05) is 0 Å². The second-order valence-corrected chi connectivity index (χ2v) is 10.2. The van der Waals surface area contributed by atoms with Gasteiger partial charge in [0.15, 0.2) is 0 Å². The first-order valence-electron chi connectivity index (χ1n) is 9.13. The van der Waals surface area contributed by atoms with E-state index in [0.29, 0.717) is 19.0 Å². The highest BCUT2D eigenvalue weighted by Gasteiger charge is 2.36. The average Bonchev–Trinajstić information content (AvgIpc) is 2.85. The Balaban J connectivity index is 1.77. The maximum Gasteiger partial charge on any atom is 0.288 e. The zero-order valence-corrected chi connectivity index (χ0v) is 17.5. The van der Waals surface area contributed by atoms with Crippen molar-refractivity contribution in [2.45, 2.75) is 31.6 Å². The Kier molecular flexibility index (Phi) is 5.36. The van der Waals surface area contributed by atoms with Crippen molar-refractivity contribution in [1.29, 1.82) is 0 Å². The second-order valence-electron chi connectivity index (χ2n) is 7.22. The van der Waals surface area contributed by atoms with Crippen LogP contribution in [0.5, 0.6) is 0 Å². The molecule has 0 aromatic heterocycles. The summed E-state index contributed by atoms with van der Waals surface area (Å²) >= 11 is 1.72. The molecule has 1 N–H and O–H groups in total. The Morgan fingerprint density at radius 1 is 0.962 bits per heavy atom. The van der Waals surface area contributed by atoms with Crippen molar-refractivity contribution in [3.05, 3.63) is 70.8 Å². The van der Waals surface area contributed by atoms with E-state index >= 15 is 0 Å². The molecule has 1 atom stereocenters. The molecule has 2 aromatic carbocycles. The van der Waals surface area contributed by atoms with Gasteiger partial charge < -0.3 is 0 Å². The molecule has 0 saturated carbocycles. The van der Waals surface area contributed by atoms with Gasteiger partial charge in [0.2, 0.25) is 0 Å². The van der Waals surface area contributed by atoms with Crippen molar-refractivity contribution in [3.8, 4) is 0 Å². The molecule has 2 aliphatic rings. The summed E-state index contributed by atoms with van der Waals surface area (Å²) < 4.78 is 28.8. The zero-order chi connectivity index (χ0) is 18.1. The lowest BCUT2D eigenvalue weighted by molar-refractivity contribution is 0.248. The third-order valence-corrected chi connectivity index (χ3v) is 8.65. The summed E-state index contributed by atoms with van der Waals surface area (Å²) in [5.74, 6) is 0.556. The van der Waals surface area contributed by atoms with Gasteiger partial charge in [-0.25, -0.2) is 0 Å². The van der Waals surface area contributed by atoms with E-state index in [1.54, 1.807) is 27.2 Å². The molecule has 1 fully saturated rings. The lowest BCUT2D eigenvalue weighted by Gasteiger charge is -2.37. The molecule has 138 valence electrons. The fourth-order valence-corrected chi connectivity index (χ4v) is 6.28. The van der Waals surface area contributed by atoms with Gasteiger partial charge in [0.05, 0.1) is 0 Å². The molecule has 0 radical (unpaired) electrons. The minimum Gasteiger partial charge on any atom is -0.194 e. The predicted octanol–water partition coefficient (Wildman–Crippen LogP) is 3.81. The molecule has 2 aromatic rings. The van der Waals surface area contributed by atoms with Gasteiger partial charge >= 0.3 is 0 Å². The quantitative estimate of drug-likeness (QED) is 0.535. The summed E-state index contributed by atoms with van der Waals surface area (Å²) in [5.41, 5.74) is 5.56. The van der Waals surface area contributed by atoms with Crippen molar-refractivity contribution >= 4 is 33.1 Å². The van der Waals surface area contributed by atoms with Gasteiger partial charge in [-0.3, -0.25) is 0 Å². The smallest absolute Gasteiger partial charge is 0.194 e. The third kappa shape index (κ3) is 3.44. The van der Waals surface area contributed by atoms with Crippen LogP contribution in [0.15, 0.2) is 48.5 Å². The van der Waals surface area contributed by atoms with Gasteiger partial charge in [0.25, 0.3) is 10.2 Å². The summed E-state index contributed by atoms with van der Waals surface area (Å²) in [6.45, 7) is 1.18. The molecule has 1 aliphatic carbocycles. The van der Waals surface area contributed by atoms with Crippen molar-refractivity contribution in [3.63, 3.8) is 0 Å². The van der Waals surface area contributed by atoms with E-state index in [1.165, 1.54) is 22.3 Å². The molecular weight excluding hydrogens is 459 g/mol. The maximum absolute atomic E-state index is 12.3. The number of rotatable bonds is 3. The van der Waals surface area contributed by atoms with E-state index in [0.717, 1.165) is 25.7 Å². The number of nitrogens with one attached hydrogen (secondary N) is 1. The Labute approximate surface area is 169 Å². The Morgan fingerprint density at radius 3 is 2.12 bits per heavy atom. The fraction of sp³-hybridized carbons (Fsp3) is 0.400. The molecule has 1 saturated heterocycles. The molecule has 1 heterocycles. The number of nitrogens with zero attached hydrogens (tertiary/aromatic N) is 1. The number of halogens is 1. The third-order valence-electron chi connectivity index (χ3n) is 5.77. The maximum atomic E-state index is 12.3. The van der Waals surface area contributed by atoms with Crippen LogP contribution in [0.4, 0.5) is 0 Å². The number of hydrogen-bond acceptors (Lipinski definition) is 2. The highest BCUT2D eigenvalue weighted by molar-refractivity contribution is 14.1. The van der Waals surface area contributed by atoms with E-state index in [2.05, 4.69) is 51.5 Å². The first-order valence-corrected chi connectivity index (χ1v) is 11.6. The van der Waals surface area contributed by atoms with E-state index < -0.39 is 10.2 Å². The van der Waals surface area contributed by atoms with Crippen molar-refractivity contribution in [2.75, 3.05) is 13.1 Å². The molecule has 4 nitrogen and oxygen atoms in total. The number of fused-ring (bicyclic) bond motifs is 2. The lowest BCUT2D eigenvalue weighted by atomic mass is 9.76. The van der Waals surface area contributed by atoms with E-state index in [4.69, 9.17) is 0 Å². The van der Waals surface area contributed by atoms with Gasteiger partial charge in [-0.1, -0.05) is 48.5 Å². The van der Waals surface area contributed by atoms with Crippen LogP contribution in [0.25, 0.3) is 0 Å². The molecule has 4 rings (SSSR count). The number of benzene rings is 2. The second kappa shape index (κ2) is 7.58. The Bertz CT molecular complexity index is 853. The van der Waals surface area contributed by atoms with Crippen LogP contribution in [0, 0.1) is 5.92 Å². The largest absolute Gasteiger partial charge is 0.288 e. The molecule has 0 spiro atoms. The van der Waals surface area contributed by atoms with Crippen LogP contribution in [-0.4, -0.2) is 25.8 Å². The van der Waals surface area contributed by atoms with Gasteiger partial charge in [-0.15, -0.1) is 2.94 Å². The Morgan fingerprint density at radius 2 is 1.54 bits per heavy atom. The van der Waals surface area contributed by atoms with Crippen LogP contribution in [0.1, 0.15) is 41.0 Å². The Hall–Kier alpha value is -0.960. The normalized spacial score (nSPS) is 21.7. The highest BCUT2D eigenvalue weighted by Crippen LogP contribution is 2.42. The molecule has 1 unspecified atom stereocenters. The summed E-state index contributed by atoms with van der Waals surface area (Å²) in [6, 6.07) is 17.4. The highest BCUT2D eigenvalue weighted by atomic mass is 127. The molecular formula is C20H23IN2O2S. The first kappa shape index (κ1) is 18.4. The van der Waals surface area contributed by atoms with Crippen molar-refractivity contribution in [1.82, 2.24) is 7.24 Å². The topological polar surface area (TPSA) is 49.4 Å². The number of aryl methyl sites for hydroxylation is 2. The molecule has 0 bridgehead atoms. The van der Waals surface area contributed by atoms with Crippen LogP contribution in [0.3, 0.4) is 0 Å². The molecule has 0 amide bonds. The minimum atomic E-state index is -3.39. The first-order chi connectivity index (χ1) is 12.6. The summed E-state index contributed by atoms with van der Waals surface area (Å²) in [7, 11) is -3.39. The standard InChI is InChI=1S/C20H23IN2O2S/c21-22-26(24,25)23-13-5-8-17(14-23)20-18-9-3-1-6-15(18)11-12-16-7-2-4-10-19(16)20/h1-4,6-7,9-10,17,20,22H,5,8,11-14H2. The van der Waals surface area contributed by atoms with Crippen molar-refractivity contribution < 1.29 is 8.42 Å². The van der Waals surface area contributed by atoms with Gasteiger partial charge in [0.1, 0.15) is 0 Å². The van der Waals surface area contributed by atoms with Crippen LogP contribution in [0.2, 0.25) is 0 Å². The fourth-order valence-electron chi connectivity index (χ4n) is 4.59. The summed E-state index contributed by atoms with van der Waals surface area (Å²) in [6.07, 6.45) is 4.06. The van der Waals surface area contributed by atoms with Gasteiger partial charge in [-0.05, 0) is 53.9 Å². The van der Waals surface area contributed by atoms with Crippen molar-refractivity contribution in [2.24, 2.45) is 5.92 Å². The lowest BCUT2D eigenvalue weighted by Crippen LogP contribution is -2.44. The minimum absolute atomic E-state index is 0.261. The van der Waals surface area contributed by atoms with Gasteiger partial charge in [-0.2, -0.15) is 12.7 Å². The summed E-state index contributed by atoms with van der Waals surface area (Å²) in [4.78, 5) is 0. The van der Waals surface area contributed by atoms with Crippen LogP contribution >= 0.6 is 22.9 Å². The van der Waals surface area contributed by atoms with Crippen LogP contribution in [-0.2, 0) is 23.1 Å². The van der Waals surface area contributed by atoms with E-state index in [-0.39, 0.29) is 5.92 Å². The number of piperidine rings is 1. The van der Waals surface area contributed by atoms with Crippen LogP contribution < -0.4 is 2.94 Å². The van der Waals surface area contributed by atoms with E-state index in [9.17, 15) is 8.42 Å². The SMILES string of the molecule is O=S(=O)(NI)N1CCCC(C2c3ccccc3CCc3ccccc32)C1. The predicted molar refractivity (Wildman–Crippen MR) is 113 cm³/mol. The molecule has 6 heteroatoms. The number of hydrogen-bond donors (Lipinski definition) is 1. The van der Waals surface area contributed by atoms with Gasteiger partial charge in [0, 0.05) is 41.9 Å². The zero-order valence-electron chi connectivity index (χ0n) is 14.6. The average molecular weight is 482 g/mol.